The summed E-state index contributed by atoms with van der Waals surface area (Å²) in [6, 6.07) is 0.234. The molecule has 3 fully saturated rings. The van der Waals surface area contributed by atoms with Crippen LogP contribution in [0.2, 0.25) is 5.15 Å². The van der Waals surface area contributed by atoms with Gasteiger partial charge in [0.2, 0.25) is 0 Å². The average Bonchev–Trinajstić information content (AvgIpc) is 2.66. The van der Waals surface area contributed by atoms with Crippen molar-refractivity contribution in [2.75, 3.05) is 32.7 Å². The third-order valence-corrected chi connectivity index (χ3v) is 4.92. The Morgan fingerprint density at radius 1 is 1.37 bits per heavy atom. The standard InChI is InChI=1S/C13H21ClN4O/c1-9-10(13(14)16(2)15-9)7-12(19)11-8-17-3-5-18(11)6-4-17/h11-12,19H,3-8H2,1-2H3. The van der Waals surface area contributed by atoms with Crippen LogP contribution in [0.4, 0.5) is 0 Å². The number of nitrogens with zero attached hydrogens (tertiary/aromatic N) is 4. The number of fused-ring (bicyclic) bond motifs is 3. The molecule has 4 rings (SSSR count). The predicted molar refractivity (Wildman–Crippen MR) is 74.5 cm³/mol. The molecule has 6 heteroatoms. The van der Waals surface area contributed by atoms with Crippen molar-refractivity contribution >= 4 is 11.6 Å². The Labute approximate surface area is 118 Å². The monoisotopic (exact) mass is 284 g/mol. The molecule has 2 atom stereocenters. The summed E-state index contributed by atoms with van der Waals surface area (Å²) in [5.41, 5.74) is 1.90. The van der Waals surface area contributed by atoms with Crippen LogP contribution in [0, 0.1) is 6.92 Å². The maximum absolute atomic E-state index is 10.5. The lowest BCUT2D eigenvalue weighted by Gasteiger charge is -2.49. The van der Waals surface area contributed by atoms with Crippen LogP contribution in [0.1, 0.15) is 11.3 Å². The first kappa shape index (κ1) is 13.4. The minimum absolute atomic E-state index is 0.234. The number of hydrogen-bond acceptors (Lipinski definition) is 4. The van der Waals surface area contributed by atoms with Crippen LogP contribution in [0.5, 0.6) is 0 Å². The maximum atomic E-state index is 10.5. The maximum Gasteiger partial charge on any atom is 0.130 e. The average molecular weight is 285 g/mol. The molecule has 1 aromatic heterocycles. The van der Waals surface area contributed by atoms with Crippen LogP contribution in [-0.4, -0.2) is 69.6 Å². The van der Waals surface area contributed by atoms with Crippen LogP contribution in [0.15, 0.2) is 0 Å². The van der Waals surface area contributed by atoms with Crippen molar-refractivity contribution in [3.63, 3.8) is 0 Å². The normalized spacial score (nSPS) is 31.7. The molecule has 106 valence electrons. The summed E-state index contributed by atoms with van der Waals surface area (Å²) >= 11 is 6.24. The van der Waals surface area contributed by atoms with E-state index in [2.05, 4.69) is 14.9 Å². The largest absolute Gasteiger partial charge is 0.391 e. The van der Waals surface area contributed by atoms with Gasteiger partial charge < -0.3 is 5.11 Å². The molecule has 2 bridgehead atoms. The molecular weight excluding hydrogens is 264 g/mol. The summed E-state index contributed by atoms with van der Waals surface area (Å²) in [4.78, 5) is 4.84. The van der Waals surface area contributed by atoms with Gasteiger partial charge in [0.25, 0.3) is 0 Å². The number of rotatable bonds is 3. The Morgan fingerprint density at radius 2 is 2.05 bits per heavy atom. The van der Waals surface area contributed by atoms with Gasteiger partial charge in [-0.05, 0) is 6.92 Å². The highest BCUT2D eigenvalue weighted by Crippen LogP contribution is 2.24. The molecule has 0 saturated carbocycles. The number of piperazine rings is 3. The lowest BCUT2D eigenvalue weighted by atomic mass is 9.97. The lowest BCUT2D eigenvalue weighted by Crippen LogP contribution is -2.64. The predicted octanol–water partition coefficient (Wildman–Crippen LogP) is 0.285. The van der Waals surface area contributed by atoms with E-state index in [0.717, 1.165) is 44.0 Å². The molecule has 3 saturated heterocycles. The van der Waals surface area contributed by atoms with E-state index in [1.807, 2.05) is 14.0 Å². The quantitative estimate of drug-likeness (QED) is 0.866. The van der Waals surface area contributed by atoms with Gasteiger partial charge in [-0.25, -0.2) is 0 Å². The number of aliphatic hydroxyl groups excluding tert-OH is 1. The molecule has 1 aromatic rings. The summed E-state index contributed by atoms with van der Waals surface area (Å²) < 4.78 is 1.68. The van der Waals surface area contributed by atoms with Crippen molar-refractivity contribution in [3.05, 3.63) is 16.4 Å². The first-order chi connectivity index (χ1) is 9.06. The fourth-order valence-electron chi connectivity index (χ4n) is 3.27. The molecule has 0 spiro atoms. The number of halogens is 1. The SMILES string of the molecule is Cc1nn(C)c(Cl)c1CC(O)C1CN2CCN1CC2. The zero-order valence-electron chi connectivity index (χ0n) is 11.5. The highest BCUT2D eigenvalue weighted by Gasteiger charge is 2.36. The van der Waals surface area contributed by atoms with Crippen molar-refractivity contribution in [1.82, 2.24) is 19.6 Å². The fourth-order valence-corrected chi connectivity index (χ4v) is 3.53. The second kappa shape index (κ2) is 5.05. The molecule has 1 N–H and O–H groups in total. The summed E-state index contributed by atoms with van der Waals surface area (Å²) in [6.45, 7) is 7.33. The molecule has 0 amide bonds. The van der Waals surface area contributed by atoms with E-state index < -0.39 is 0 Å². The highest BCUT2D eigenvalue weighted by molar-refractivity contribution is 6.30. The third kappa shape index (κ3) is 2.40. The zero-order chi connectivity index (χ0) is 13.6. The molecule has 3 aliphatic heterocycles. The van der Waals surface area contributed by atoms with Gasteiger partial charge in [0.05, 0.1) is 11.8 Å². The molecule has 0 radical (unpaired) electrons. The van der Waals surface area contributed by atoms with Gasteiger partial charge in [0.15, 0.2) is 0 Å². The van der Waals surface area contributed by atoms with E-state index in [-0.39, 0.29) is 12.1 Å². The molecule has 0 aromatic carbocycles. The lowest BCUT2D eigenvalue weighted by molar-refractivity contribution is -0.0453. The Kier molecular flexibility index (Phi) is 3.55. The van der Waals surface area contributed by atoms with Gasteiger partial charge in [-0.15, -0.1) is 0 Å². The first-order valence-corrected chi connectivity index (χ1v) is 7.26. The minimum atomic E-state index is -0.372. The van der Waals surface area contributed by atoms with Gasteiger partial charge >= 0.3 is 0 Å². The summed E-state index contributed by atoms with van der Waals surface area (Å²) in [5, 5.41) is 15.5. The minimum Gasteiger partial charge on any atom is -0.391 e. The Hall–Kier alpha value is -0.620. The van der Waals surface area contributed by atoms with Crippen LogP contribution in [0.25, 0.3) is 0 Å². The Balaban J connectivity index is 1.73. The summed E-state index contributed by atoms with van der Waals surface area (Å²) in [7, 11) is 1.84. The highest BCUT2D eigenvalue weighted by atomic mass is 35.5. The number of aryl methyl sites for hydroxylation is 2. The second-order valence-corrected chi connectivity index (χ2v) is 6.01. The van der Waals surface area contributed by atoms with Crippen molar-refractivity contribution in [3.8, 4) is 0 Å². The molecule has 5 nitrogen and oxygen atoms in total. The van der Waals surface area contributed by atoms with Crippen molar-refractivity contribution in [1.29, 1.82) is 0 Å². The number of aliphatic hydroxyl groups is 1. The summed E-state index contributed by atoms with van der Waals surface area (Å²) in [6.07, 6.45) is 0.219. The van der Waals surface area contributed by atoms with Crippen molar-refractivity contribution in [2.24, 2.45) is 7.05 Å². The number of aromatic nitrogens is 2. The van der Waals surface area contributed by atoms with Gasteiger partial charge in [-0.2, -0.15) is 5.10 Å². The van der Waals surface area contributed by atoms with E-state index in [4.69, 9.17) is 11.6 Å². The molecular formula is C13H21ClN4O. The van der Waals surface area contributed by atoms with E-state index >= 15 is 0 Å². The Morgan fingerprint density at radius 3 is 2.53 bits per heavy atom. The molecule has 4 heterocycles. The van der Waals surface area contributed by atoms with E-state index in [1.165, 1.54) is 0 Å². The van der Waals surface area contributed by atoms with Gasteiger partial charge in [0, 0.05) is 57.8 Å². The van der Waals surface area contributed by atoms with Crippen LogP contribution in [0.3, 0.4) is 0 Å². The molecule has 3 aliphatic rings. The fraction of sp³-hybridized carbons (Fsp3) is 0.769. The van der Waals surface area contributed by atoms with Crippen molar-refractivity contribution in [2.45, 2.75) is 25.5 Å². The molecule has 2 unspecified atom stereocenters. The van der Waals surface area contributed by atoms with Crippen LogP contribution in [-0.2, 0) is 13.5 Å². The molecule has 19 heavy (non-hydrogen) atoms. The van der Waals surface area contributed by atoms with E-state index in [1.54, 1.807) is 4.68 Å². The topological polar surface area (TPSA) is 44.5 Å². The first-order valence-electron chi connectivity index (χ1n) is 6.88. The van der Waals surface area contributed by atoms with Crippen molar-refractivity contribution < 1.29 is 5.11 Å². The van der Waals surface area contributed by atoms with E-state index in [0.29, 0.717) is 11.6 Å². The van der Waals surface area contributed by atoms with Crippen LogP contribution < -0.4 is 0 Å². The van der Waals surface area contributed by atoms with E-state index in [9.17, 15) is 5.11 Å². The third-order valence-electron chi connectivity index (χ3n) is 4.45. The smallest absolute Gasteiger partial charge is 0.130 e. The van der Waals surface area contributed by atoms with Crippen LogP contribution >= 0.6 is 11.6 Å². The van der Waals surface area contributed by atoms with Gasteiger partial charge in [0.1, 0.15) is 5.15 Å². The van der Waals surface area contributed by atoms with Gasteiger partial charge in [-0.1, -0.05) is 11.6 Å². The van der Waals surface area contributed by atoms with Gasteiger partial charge in [-0.3, -0.25) is 14.5 Å². The molecule has 0 aliphatic carbocycles. The second-order valence-electron chi connectivity index (χ2n) is 5.65. The zero-order valence-corrected chi connectivity index (χ0v) is 12.3. The summed E-state index contributed by atoms with van der Waals surface area (Å²) in [5.74, 6) is 0. The number of hydrogen-bond donors (Lipinski definition) is 1. The Bertz CT molecular complexity index is 467.